The third-order valence-corrected chi connectivity index (χ3v) is 4.36. The van der Waals surface area contributed by atoms with Crippen molar-refractivity contribution in [2.45, 2.75) is 20.4 Å². The van der Waals surface area contributed by atoms with Gasteiger partial charge in [-0.15, -0.1) is 0 Å². The van der Waals surface area contributed by atoms with Crippen LogP contribution in [-0.4, -0.2) is 29.5 Å². The molecule has 0 saturated carbocycles. The molecule has 146 valence electrons. The van der Waals surface area contributed by atoms with Crippen LogP contribution in [0.2, 0.25) is 0 Å². The summed E-state index contributed by atoms with van der Waals surface area (Å²) >= 11 is 0. The number of fused-ring (bicyclic) bond motifs is 2. The second kappa shape index (κ2) is 8.05. The molecule has 0 bridgehead atoms. The summed E-state index contributed by atoms with van der Waals surface area (Å²) in [6, 6.07) is 14.7. The van der Waals surface area contributed by atoms with E-state index in [1.54, 1.807) is 12.4 Å². The summed E-state index contributed by atoms with van der Waals surface area (Å²) in [4.78, 5) is 20.0. The maximum absolute atomic E-state index is 14.3. The Morgan fingerprint density at radius 2 is 1.83 bits per heavy atom. The summed E-state index contributed by atoms with van der Waals surface area (Å²) in [5, 5.41) is 3.25. The van der Waals surface area contributed by atoms with Crippen LogP contribution in [0.25, 0.3) is 27.9 Å². The number of imidazole rings is 2. The third kappa shape index (κ3) is 3.40. The van der Waals surface area contributed by atoms with Crippen LogP contribution in [0.1, 0.15) is 19.7 Å². The number of nitrogens with one attached hydrogen (secondary N) is 2. The molecule has 0 spiro atoms. The highest BCUT2D eigenvalue weighted by molar-refractivity contribution is 5.82. The van der Waals surface area contributed by atoms with Gasteiger partial charge in [0.05, 0.1) is 18.4 Å². The Labute approximate surface area is 166 Å². The van der Waals surface area contributed by atoms with Crippen molar-refractivity contribution in [2.75, 3.05) is 5.32 Å². The number of rotatable bonds is 4. The van der Waals surface area contributed by atoms with E-state index >= 15 is 0 Å². The fourth-order valence-electron chi connectivity index (χ4n) is 3.16. The molecular weight excluding hydrogens is 369 g/mol. The molecule has 29 heavy (non-hydrogen) atoms. The Morgan fingerprint density at radius 3 is 2.66 bits per heavy atom. The lowest BCUT2D eigenvalue weighted by atomic mass is 10.2. The molecule has 0 radical (unpaired) electrons. The van der Waals surface area contributed by atoms with Gasteiger partial charge in [0.2, 0.25) is 0 Å². The van der Waals surface area contributed by atoms with E-state index in [4.69, 9.17) is 0 Å². The number of hydrogen-bond acceptors (Lipinski definition) is 5. The van der Waals surface area contributed by atoms with Crippen LogP contribution in [-0.2, 0) is 6.54 Å². The van der Waals surface area contributed by atoms with Gasteiger partial charge < -0.3 is 10.3 Å². The van der Waals surface area contributed by atoms with E-state index in [1.807, 2.05) is 54.8 Å². The maximum atomic E-state index is 14.3. The van der Waals surface area contributed by atoms with E-state index in [1.165, 1.54) is 12.4 Å². The van der Waals surface area contributed by atoms with Gasteiger partial charge in [-0.05, 0) is 24.3 Å². The zero-order valence-corrected chi connectivity index (χ0v) is 16.1. The number of benzene rings is 2. The van der Waals surface area contributed by atoms with E-state index in [0.29, 0.717) is 40.4 Å². The molecule has 0 aliphatic heterocycles. The zero-order chi connectivity index (χ0) is 20.2. The number of aromatic nitrogens is 6. The van der Waals surface area contributed by atoms with Gasteiger partial charge in [0, 0.05) is 5.69 Å². The normalized spacial score (nSPS) is 10.7. The second-order valence-corrected chi connectivity index (χ2v) is 5.98. The van der Waals surface area contributed by atoms with Gasteiger partial charge in [0.15, 0.2) is 17.3 Å². The average Bonchev–Trinajstić information content (AvgIpc) is 3.40. The largest absolute Gasteiger partial charge is 0.361 e. The van der Waals surface area contributed by atoms with Crippen LogP contribution >= 0.6 is 0 Å². The highest BCUT2D eigenvalue weighted by atomic mass is 19.1. The summed E-state index contributed by atoms with van der Waals surface area (Å²) < 4.78 is 16.2. The average molecular weight is 389 g/mol. The fraction of sp³-hybridized carbons (Fsp3) is 0.143. The Kier molecular flexibility index (Phi) is 5.15. The van der Waals surface area contributed by atoms with Gasteiger partial charge in [0.25, 0.3) is 0 Å². The molecule has 5 rings (SSSR count). The molecule has 5 aromatic rings. The van der Waals surface area contributed by atoms with Gasteiger partial charge in [-0.2, -0.15) is 0 Å². The first-order valence-electron chi connectivity index (χ1n) is 9.40. The van der Waals surface area contributed by atoms with Crippen molar-refractivity contribution in [1.82, 2.24) is 29.5 Å². The van der Waals surface area contributed by atoms with Gasteiger partial charge in [-0.25, -0.2) is 24.3 Å². The van der Waals surface area contributed by atoms with Gasteiger partial charge >= 0.3 is 0 Å². The molecule has 3 heterocycles. The van der Waals surface area contributed by atoms with Crippen molar-refractivity contribution < 1.29 is 4.39 Å². The monoisotopic (exact) mass is 389 g/mol. The van der Waals surface area contributed by atoms with Crippen LogP contribution in [0.5, 0.6) is 0 Å². The smallest absolute Gasteiger partial charge is 0.182 e. The number of anilines is 1. The molecule has 0 unspecified atom stereocenters. The molecule has 0 atom stereocenters. The van der Waals surface area contributed by atoms with Gasteiger partial charge in [-0.1, -0.05) is 38.1 Å². The third-order valence-electron chi connectivity index (χ3n) is 4.36. The van der Waals surface area contributed by atoms with E-state index in [9.17, 15) is 4.39 Å². The molecule has 0 fully saturated rings. The molecule has 7 nitrogen and oxygen atoms in total. The highest BCUT2D eigenvalue weighted by Gasteiger charge is 2.15. The van der Waals surface area contributed by atoms with Crippen molar-refractivity contribution in [2.24, 2.45) is 0 Å². The second-order valence-electron chi connectivity index (χ2n) is 5.98. The topological polar surface area (TPSA) is 84.3 Å². The number of nitrogens with zero attached hydrogens (tertiary/aromatic N) is 5. The first kappa shape index (κ1) is 18.5. The summed E-state index contributed by atoms with van der Waals surface area (Å²) in [5.74, 6) is 0.943. The number of H-pyrrole nitrogens is 1. The lowest BCUT2D eigenvalue weighted by Gasteiger charge is -2.10. The molecule has 0 aliphatic carbocycles. The summed E-state index contributed by atoms with van der Waals surface area (Å²) in [6.45, 7) is 4.36. The van der Waals surface area contributed by atoms with E-state index in [-0.39, 0.29) is 5.82 Å². The first-order valence-corrected chi connectivity index (χ1v) is 9.40. The van der Waals surface area contributed by atoms with E-state index < -0.39 is 0 Å². The predicted molar refractivity (Wildman–Crippen MR) is 111 cm³/mol. The van der Waals surface area contributed by atoms with Crippen molar-refractivity contribution in [3.8, 4) is 5.69 Å². The van der Waals surface area contributed by atoms with Gasteiger partial charge in [0.1, 0.15) is 23.2 Å². The Bertz CT molecular complexity index is 1240. The minimum Gasteiger partial charge on any atom is -0.361 e. The number of aromatic amines is 1. The van der Waals surface area contributed by atoms with Crippen LogP contribution in [0, 0.1) is 5.82 Å². The van der Waals surface area contributed by atoms with Crippen molar-refractivity contribution >= 4 is 28.0 Å². The molecule has 2 aromatic carbocycles. The standard InChI is InChI=1S/C19H14FN7.C2H6/c20-13-7-4-8-14-16(13)26-15(27(14)12-5-2-1-3-6-12)9-21-18-17-19(23-10-22-17)25-11-24-18;1-2/h1-8,10-11H,9H2,(H2,21,22,23,24,25);1-2H3. The lowest BCUT2D eigenvalue weighted by Crippen LogP contribution is -2.09. The first-order chi connectivity index (χ1) is 14.3. The van der Waals surface area contributed by atoms with Gasteiger partial charge in [-0.3, -0.25) is 4.57 Å². The van der Waals surface area contributed by atoms with Crippen molar-refractivity contribution in [3.05, 3.63) is 72.8 Å². The minimum atomic E-state index is -0.346. The van der Waals surface area contributed by atoms with Crippen molar-refractivity contribution in [3.63, 3.8) is 0 Å². The maximum Gasteiger partial charge on any atom is 0.182 e. The number of halogens is 1. The molecular formula is C21H20FN7. The van der Waals surface area contributed by atoms with Crippen LogP contribution < -0.4 is 5.32 Å². The zero-order valence-electron chi connectivity index (χ0n) is 16.1. The minimum absolute atomic E-state index is 0.340. The molecule has 2 N–H and O–H groups in total. The molecule has 3 aromatic heterocycles. The van der Waals surface area contributed by atoms with E-state index in [2.05, 4.69) is 30.2 Å². The molecule has 0 saturated heterocycles. The number of para-hydroxylation sites is 2. The number of hydrogen-bond donors (Lipinski definition) is 2. The predicted octanol–water partition coefficient (Wildman–Crippen LogP) is 4.47. The fourth-order valence-corrected chi connectivity index (χ4v) is 3.16. The van der Waals surface area contributed by atoms with Crippen LogP contribution in [0.4, 0.5) is 10.2 Å². The molecule has 8 heteroatoms. The Balaban J connectivity index is 0.000000994. The summed E-state index contributed by atoms with van der Waals surface area (Å²) in [5.41, 5.74) is 3.26. The van der Waals surface area contributed by atoms with Crippen LogP contribution in [0.3, 0.4) is 0 Å². The van der Waals surface area contributed by atoms with Crippen LogP contribution in [0.15, 0.2) is 61.2 Å². The highest BCUT2D eigenvalue weighted by Crippen LogP contribution is 2.24. The molecule has 0 amide bonds. The molecule has 0 aliphatic rings. The Morgan fingerprint density at radius 1 is 1.00 bits per heavy atom. The lowest BCUT2D eigenvalue weighted by molar-refractivity contribution is 0.637. The van der Waals surface area contributed by atoms with Crippen molar-refractivity contribution in [1.29, 1.82) is 0 Å². The SMILES string of the molecule is CC.Fc1cccc2c1nc(CNc1ncnc3nc[nH]c13)n2-c1ccccc1. The van der Waals surface area contributed by atoms with E-state index in [0.717, 1.165) is 5.69 Å². The summed E-state index contributed by atoms with van der Waals surface area (Å²) in [6.07, 6.45) is 3.02. The quantitative estimate of drug-likeness (QED) is 0.474. The Hall–Kier alpha value is -3.81. The summed E-state index contributed by atoms with van der Waals surface area (Å²) in [7, 11) is 0.